The zero-order valence-electron chi connectivity index (χ0n) is 10.00. The molecule has 1 N–H and O–H groups in total. The zero-order valence-corrected chi connectivity index (χ0v) is 11.6. The topological polar surface area (TPSA) is 38.3 Å². The molecule has 2 unspecified atom stereocenters. The largest absolute Gasteiger partial charge is 0.376 e. The molecule has 1 aromatic carbocycles. The molecule has 4 heteroatoms. The molecule has 0 aliphatic carbocycles. The van der Waals surface area contributed by atoms with E-state index in [9.17, 15) is 4.79 Å². The second-order valence-electron chi connectivity index (χ2n) is 4.46. The van der Waals surface area contributed by atoms with Crippen LogP contribution in [0.4, 0.5) is 0 Å². The summed E-state index contributed by atoms with van der Waals surface area (Å²) in [7, 11) is 0. The minimum absolute atomic E-state index is 0.0308. The second-order valence-corrected chi connectivity index (χ2v) is 5.38. The predicted octanol–water partition coefficient (Wildman–Crippen LogP) is 2.66. The van der Waals surface area contributed by atoms with Gasteiger partial charge >= 0.3 is 0 Å². The van der Waals surface area contributed by atoms with Crippen molar-refractivity contribution in [1.82, 2.24) is 5.32 Å². The maximum Gasteiger partial charge on any atom is 0.251 e. The summed E-state index contributed by atoms with van der Waals surface area (Å²) in [6.07, 6.45) is 0.993. The van der Waals surface area contributed by atoms with Crippen molar-refractivity contribution in [2.75, 3.05) is 6.61 Å². The van der Waals surface area contributed by atoms with Crippen molar-refractivity contribution >= 4 is 21.8 Å². The minimum Gasteiger partial charge on any atom is -0.376 e. The summed E-state index contributed by atoms with van der Waals surface area (Å²) < 4.78 is 6.35. The van der Waals surface area contributed by atoms with E-state index < -0.39 is 0 Å². The summed E-state index contributed by atoms with van der Waals surface area (Å²) >= 11 is 3.40. The van der Waals surface area contributed by atoms with Crippen molar-refractivity contribution in [3.63, 3.8) is 0 Å². The molecule has 1 amide bonds. The lowest BCUT2D eigenvalue weighted by molar-refractivity contribution is 0.0866. The predicted molar refractivity (Wildman–Crippen MR) is 70.2 cm³/mol. The number of aryl methyl sites for hydroxylation is 1. The average Bonchev–Trinajstić information content (AvgIpc) is 2.63. The zero-order chi connectivity index (χ0) is 12.4. The van der Waals surface area contributed by atoms with Crippen LogP contribution in [0.1, 0.15) is 29.3 Å². The first-order chi connectivity index (χ1) is 8.06. The van der Waals surface area contributed by atoms with Gasteiger partial charge in [-0.2, -0.15) is 0 Å². The average molecular weight is 298 g/mol. The Bertz CT molecular complexity index is 413. The lowest BCUT2D eigenvalue weighted by Crippen LogP contribution is -2.39. The highest BCUT2D eigenvalue weighted by Crippen LogP contribution is 2.17. The highest BCUT2D eigenvalue weighted by Gasteiger charge is 2.25. The van der Waals surface area contributed by atoms with Crippen LogP contribution in [-0.2, 0) is 4.74 Å². The van der Waals surface area contributed by atoms with Crippen LogP contribution in [0.15, 0.2) is 22.7 Å². The Hall–Kier alpha value is -0.870. The summed E-state index contributed by atoms with van der Waals surface area (Å²) in [5.74, 6) is -0.0308. The third-order valence-electron chi connectivity index (χ3n) is 3.00. The second kappa shape index (κ2) is 5.19. The standard InChI is InChI=1S/C13H16BrNO2/c1-8-5-10(7-11(14)6-8)13(16)15-12-3-4-17-9(12)2/h5-7,9,12H,3-4H2,1-2H3,(H,15,16). The smallest absolute Gasteiger partial charge is 0.251 e. The van der Waals surface area contributed by atoms with Crippen molar-refractivity contribution < 1.29 is 9.53 Å². The molecule has 1 saturated heterocycles. The van der Waals surface area contributed by atoms with Crippen LogP contribution in [0.2, 0.25) is 0 Å². The highest BCUT2D eigenvalue weighted by atomic mass is 79.9. The molecular formula is C13H16BrNO2. The quantitative estimate of drug-likeness (QED) is 0.911. The van der Waals surface area contributed by atoms with Gasteiger partial charge in [0, 0.05) is 16.6 Å². The summed E-state index contributed by atoms with van der Waals surface area (Å²) in [6, 6.07) is 5.84. The Morgan fingerprint density at radius 2 is 2.24 bits per heavy atom. The maximum atomic E-state index is 12.1. The Balaban J connectivity index is 2.09. The normalized spacial score (nSPS) is 23.7. The molecule has 0 aromatic heterocycles. The molecule has 0 saturated carbocycles. The van der Waals surface area contributed by atoms with Gasteiger partial charge in [0.1, 0.15) is 0 Å². The van der Waals surface area contributed by atoms with Gasteiger partial charge in [0.25, 0.3) is 5.91 Å². The fourth-order valence-electron chi connectivity index (χ4n) is 2.04. The van der Waals surface area contributed by atoms with Gasteiger partial charge in [-0.25, -0.2) is 0 Å². The number of rotatable bonds is 2. The molecule has 1 aliphatic rings. The van der Waals surface area contributed by atoms with Crippen LogP contribution in [0.5, 0.6) is 0 Å². The molecule has 3 nitrogen and oxygen atoms in total. The van der Waals surface area contributed by atoms with Crippen molar-refractivity contribution in [2.24, 2.45) is 0 Å². The molecule has 1 aliphatic heterocycles. The Morgan fingerprint density at radius 3 is 2.82 bits per heavy atom. The van der Waals surface area contributed by atoms with E-state index in [1.165, 1.54) is 0 Å². The van der Waals surface area contributed by atoms with Crippen LogP contribution >= 0.6 is 15.9 Å². The van der Waals surface area contributed by atoms with Crippen molar-refractivity contribution in [3.8, 4) is 0 Å². The number of hydrogen-bond acceptors (Lipinski definition) is 2. The molecule has 1 aromatic rings. The minimum atomic E-state index is -0.0308. The van der Waals surface area contributed by atoms with E-state index in [2.05, 4.69) is 21.2 Å². The first-order valence-electron chi connectivity index (χ1n) is 5.76. The number of halogens is 1. The maximum absolute atomic E-state index is 12.1. The van der Waals surface area contributed by atoms with E-state index in [-0.39, 0.29) is 18.1 Å². The molecule has 0 bridgehead atoms. The summed E-state index contributed by atoms with van der Waals surface area (Å²) in [4.78, 5) is 12.1. The van der Waals surface area contributed by atoms with E-state index in [0.29, 0.717) is 5.56 Å². The molecule has 1 heterocycles. The SMILES string of the molecule is Cc1cc(Br)cc(C(=O)NC2CCOC2C)c1. The number of ether oxygens (including phenoxy) is 1. The van der Waals surface area contributed by atoms with Crippen molar-refractivity contribution in [3.05, 3.63) is 33.8 Å². The van der Waals surface area contributed by atoms with Crippen LogP contribution in [0.25, 0.3) is 0 Å². The molecule has 1 fully saturated rings. The van der Waals surface area contributed by atoms with Gasteiger partial charge in [-0.05, 0) is 44.0 Å². The Labute approximate surface area is 110 Å². The molecule has 92 valence electrons. The van der Waals surface area contributed by atoms with Gasteiger partial charge in [0.05, 0.1) is 12.1 Å². The van der Waals surface area contributed by atoms with E-state index in [1.54, 1.807) is 0 Å². The van der Waals surface area contributed by atoms with E-state index in [1.807, 2.05) is 32.0 Å². The van der Waals surface area contributed by atoms with E-state index in [0.717, 1.165) is 23.1 Å². The Kier molecular flexibility index (Phi) is 3.84. The van der Waals surface area contributed by atoms with Crippen LogP contribution < -0.4 is 5.32 Å². The number of amides is 1. The van der Waals surface area contributed by atoms with Crippen LogP contribution in [-0.4, -0.2) is 24.7 Å². The van der Waals surface area contributed by atoms with Gasteiger partial charge in [-0.1, -0.05) is 15.9 Å². The number of carbonyl (C=O) groups excluding carboxylic acids is 1. The number of benzene rings is 1. The Morgan fingerprint density at radius 1 is 1.47 bits per heavy atom. The molecule has 0 radical (unpaired) electrons. The van der Waals surface area contributed by atoms with Gasteiger partial charge in [-0.15, -0.1) is 0 Å². The molecule has 0 spiro atoms. The number of nitrogens with one attached hydrogen (secondary N) is 1. The lowest BCUT2D eigenvalue weighted by Gasteiger charge is -2.16. The van der Waals surface area contributed by atoms with Crippen molar-refractivity contribution in [1.29, 1.82) is 0 Å². The van der Waals surface area contributed by atoms with E-state index >= 15 is 0 Å². The molecule has 2 atom stereocenters. The monoisotopic (exact) mass is 297 g/mol. The molecule has 17 heavy (non-hydrogen) atoms. The third-order valence-corrected chi connectivity index (χ3v) is 3.45. The van der Waals surface area contributed by atoms with Crippen LogP contribution in [0, 0.1) is 6.92 Å². The van der Waals surface area contributed by atoms with Gasteiger partial charge < -0.3 is 10.1 Å². The van der Waals surface area contributed by atoms with Gasteiger partial charge in [0.2, 0.25) is 0 Å². The first kappa shape index (κ1) is 12.6. The first-order valence-corrected chi connectivity index (χ1v) is 6.55. The van der Waals surface area contributed by atoms with Gasteiger partial charge in [0.15, 0.2) is 0 Å². The highest BCUT2D eigenvalue weighted by molar-refractivity contribution is 9.10. The third kappa shape index (κ3) is 3.07. The summed E-state index contributed by atoms with van der Waals surface area (Å²) in [5, 5.41) is 3.01. The number of carbonyl (C=O) groups is 1. The number of hydrogen-bond donors (Lipinski definition) is 1. The summed E-state index contributed by atoms with van der Waals surface area (Å²) in [6.45, 7) is 4.69. The van der Waals surface area contributed by atoms with Crippen LogP contribution in [0.3, 0.4) is 0 Å². The fraction of sp³-hybridized carbons (Fsp3) is 0.462. The van der Waals surface area contributed by atoms with E-state index in [4.69, 9.17) is 4.74 Å². The molecule has 2 rings (SSSR count). The lowest BCUT2D eigenvalue weighted by atomic mass is 10.1. The van der Waals surface area contributed by atoms with Gasteiger partial charge in [-0.3, -0.25) is 4.79 Å². The van der Waals surface area contributed by atoms with Crippen molar-refractivity contribution in [2.45, 2.75) is 32.4 Å². The fourth-order valence-corrected chi connectivity index (χ4v) is 2.65. The molecular weight excluding hydrogens is 282 g/mol. The summed E-state index contributed by atoms with van der Waals surface area (Å²) in [5.41, 5.74) is 1.76.